The Kier molecular flexibility index (Phi) is 5.98. The van der Waals surface area contributed by atoms with Crippen molar-refractivity contribution in [1.82, 2.24) is 5.32 Å². The number of carbonyl (C=O) groups is 1. The maximum atomic E-state index is 13.4. The summed E-state index contributed by atoms with van der Waals surface area (Å²) in [5.74, 6) is -0.616. The Morgan fingerprint density at radius 2 is 2.18 bits per heavy atom. The second-order valence-electron chi connectivity index (χ2n) is 3.93. The fourth-order valence-corrected chi connectivity index (χ4v) is 1.76. The SMILES string of the molecule is CCCCCNC(=O)Cc1c(F)cccc1Cl. The van der Waals surface area contributed by atoms with Gasteiger partial charge in [-0.05, 0) is 18.6 Å². The van der Waals surface area contributed by atoms with E-state index in [0.29, 0.717) is 11.6 Å². The summed E-state index contributed by atoms with van der Waals surface area (Å²) < 4.78 is 13.4. The van der Waals surface area contributed by atoms with E-state index in [1.807, 2.05) is 0 Å². The molecule has 0 saturated carbocycles. The molecule has 0 aliphatic carbocycles. The van der Waals surface area contributed by atoms with Crippen LogP contribution in [-0.2, 0) is 11.2 Å². The minimum absolute atomic E-state index is 0.00235. The van der Waals surface area contributed by atoms with Gasteiger partial charge in [0.1, 0.15) is 5.82 Å². The first-order chi connectivity index (χ1) is 8.15. The van der Waals surface area contributed by atoms with Crippen molar-refractivity contribution < 1.29 is 9.18 Å². The zero-order valence-corrected chi connectivity index (χ0v) is 10.7. The molecule has 94 valence electrons. The first kappa shape index (κ1) is 14.0. The summed E-state index contributed by atoms with van der Waals surface area (Å²) in [6, 6.07) is 4.43. The average Bonchev–Trinajstić information content (AvgIpc) is 2.30. The van der Waals surface area contributed by atoms with Gasteiger partial charge in [0.25, 0.3) is 0 Å². The molecule has 0 bridgehead atoms. The third kappa shape index (κ3) is 4.73. The van der Waals surface area contributed by atoms with Crippen LogP contribution in [0, 0.1) is 5.82 Å². The lowest BCUT2D eigenvalue weighted by atomic mass is 10.1. The van der Waals surface area contributed by atoms with Gasteiger partial charge in [0.2, 0.25) is 5.91 Å². The quantitative estimate of drug-likeness (QED) is 0.779. The summed E-state index contributed by atoms with van der Waals surface area (Å²) in [6.07, 6.45) is 3.14. The number of rotatable bonds is 6. The van der Waals surface area contributed by atoms with E-state index in [9.17, 15) is 9.18 Å². The van der Waals surface area contributed by atoms with E-state index in [1.165, 1.54) is 12.1 Å². The van der Waals surface area contributed by atoms with Gasteiger partial charge in [0, 0.05) is 17.1 Å². The van der Waals surface area contributed by atoms with Crippen LogP contribution < -0.4 is 5.32 Å². The molecule has 0 aliphatic rings. The summed E-state index contributed by atoms with van der Waals surface area (Å²) in [5, 5.41) is 3.06. The number of hydrogen-bond donors (Lipinski definition) is 1. The van der Waals surface area contributed by atoms with Crippen molar-refractivity contribution in [1.29, 1.82) is 0 Å². The molecule has 1 rings (SSSR count). The number of nitrogens with one attached hydrogen (secondary N) is 1. The molecule has 0 aliphatic heterocycles. The van der Waals surface area contributed by atoms with Crippen molar-refractivity contribution in [3.05, 3.63) is 34.6 Å². The molecule has 0 atom stereocenters. The lowest BCUT2D eigenvalue weighted by molar-refractivity contribution is -0.120. The summed E-state index contributed by atoms with van der Waals surface area (Å²) in [7, 11) is 0. The van der Waals surface area contributed by atoms with E-state index in [4.69, 9.17) is 11.6 Å². The molecule has 0 aromatic heterocycles. The number of carbonyl (C=O) groups excluding carboxylic acids is 1. The van der Waals surface area contributed by atoms with E-state index in [2.05, 4.69) is 12.2 Å². The smallest absolute Gasteiger partial charge is 0.224 e. The zero-order chi connectivity index (χ0) is 12.7. The molecule has 0 unspecified atom stereocenters. The monoisotopic (exact) mass is 257 g/mol. The Hall–Kier alpha value is -1.09. The molecule has 1 aromatic carbocycles. The fraction of sp³-hybridized carbons (Fsp3) is 0.462. The number of amides is 1. The highest BCUT2D eigenvalue weighted by atomic mass is 35.5. The van der Waals surface area contributed by atoms with Crippen LogP contribution in [0.15, 0.2) is 18.2 Å². The third-order valence-corrected chi connectivity index (χ3v) is 2.86. The van der Waals surface area contributed by atoms with Crippen molar-refractivity contribution in [2.75, 3.05) is 6.54 Å². The van der Waals surface area contributed by atoms with Gasteiger partial charge in [-0.25, -0.2) is 4.39 Å². The van der Waals surface area contributed by atoms with Crippen molar-refractivity contribution in [3.63, 3.8) is 0 Å². The van der Waals surface area contributed by atoms with Gasteiger partial charge in [-0.1, -0.05) is 37.4 Å². The lowest BCUT2D eigenvalue weighted by Gasteiger charge is -2.07. The minimum Gasteiger partial charge on any atom is -0.356 e. The average molecular weight is 258 g/mol. The Bertz CT molecular complexity index is 361. The number of unbranched alkanes of at least 4 members (excludes halogenated alkanes) is 2. The molecule has 17 heavy (non-hydrogen) atoms. The van der Waals surface area contributed by atoms with Crippen molar-refractivity contribution in [2.24, 2.45) is 0 Å². The molecular weight excluding hydrogens is 241 g/mol. The van der Waals surface area contributed by atoms with Crippen LogP contribution in [0.5, 0.6) is 0 Å². The molecule has 0 saturated heterocycles. The second kappa shape index (κ2) is 7.28. The van der Waals surface area contributed by atoms with E-state index >= 15 is 0 Å². The summed E-state index contributed by atoms with van der Waals surface area (Å²) in [5.41, 5.74) is 0.266. The summed E-state index contributed by atoms with van der Waals surface area (Å²) >= 11 is 5.84. The Morgan fingerprint density at radius 3 is 2.82 bits per heavy atom. The van der Waals surface area contributed by atoms with Crippen LogP contribution in [-0.4, -0.2) is 12.5 Å². The van der Waals surface area contributed by atoms with E-state index < -0.39 is 5.82 Å². The lowest BCUT2D eigenvalue weighted by Crippen LogP contribution is -2.26. The molecule has 0 radical (unpaired) electrons. The third-order valence-electron chi connectivity index (χ3n) is 2.50. The highest BCUT2D eigenvalue weighted by Gasteiger charge is 2.11. The van der Waals surface area contributed by atoms with Crippen LogP contribution in [0.4, 0.5) is 4.39 Å². The normalized spacial score (nSPS) is 10.3. The molecule has 1 N–H and O–H groups in total. The largest absolute Gasteiger partial charge is 0.356 e. The molecule has 0 heterocycles. The van der Waals surface area contributed by atoms with Crippen LogP contribution in [0.1, 0.15) is 31.7 Å². The van der Waals surface area contributed by atoms with Crippen molar-refractivity contribution >= 4 is 17.5 Å². The van der Waals surface area contributed by atoms with Crippen LogP contribution in [0.2, 0.25) is 5.02 Å². The summed E-state index contributed by atoms with van der Waals surface area (Å²) in [6.45, 7) is 2.74. The van der Waals surface area contributed by atoms with Crippen LogP contribution in [0.25, 0.3) is 0 Å². The van der Waals surface area contributed by atoms with Crippen molar-refractivity contribution in [2.45, 2.75) is 32.6 Å². The molecule has 1 amide bonds. The first-order valence-electron chi connectivity index (χ1n) is 5.84. The first-order valence-corrected chi connectivity index (χ1v) is 6.22. The molecule has 0 spiro atoms. The van der Waals surface area contributed by atoms with E-state index in [-0.39, 0.29) is 17.9 Å². The predicted molar refractivity (Wildman–Crippen MR) is 67.6 cm³/mol. The van der Waals surface area contributed by atoms with Gasteiger partial charge in [0.05, 0.1) is 6.42 Å². The highest BCUT2D eigenvalue weighted by Crippen LogP contribution is 2.19. The Labute approximate surface area is 106 Å². The maximum absolute atomic E-state index is 13.4. The van der Waals surface area contributed by atoms with E-state index in [0.717, 1.165) is 19.3 Å². The van der Waals surface area contributed by atoms with Gasteiger partial charge in [0.15, 0.2) is 0 Å². The fourth-order valence-electron chi connectivity index (χ4n) is 1.53. The number of hydrogen-bond acceptors (Lipinski definition) is 1. The second-order valence-corrected chi connectivity index (χ2v) is 4.34. The molecule has 1 aromatic rings. The van der Waals surface area contributed by atoms with Crippen LogP contribution >= 0.6 is 11.6 Å². The van der Waals surface area contributed by atoms with Crippen LogP contribution in [0.3, 0.4) is 0 Å². The zero-order valence-electron chi connectivity index (χ0n) is 9.93. The maximum Gasteiger partial charge on any atom is 0.224 e. The Morgan fingerprint density at radius 1 is 1.41 bits per heavy atom. The summed E-state index contributed by atoms with van der Waals surface area (Å²) in [4.78, 5) is 11.5. The van der Waals surface area contributed by atoms with Gasteiger partial charge in [-0.15, -0.1) is 0 Å². The van der Waals surface area contributed by atoms with Gasteiger partial charge >= 0.3 is 0 Å². The topological polar surface area (TPSA) is 29.1 Å². The standard InChI is InChI=1S/C13H17ClFNO/c1-2-3-4-8-16-13(17)9-10-11(14)6-5-7-12(10)15/h5-7H,2-4,8-9H2,1H3,(H,16,17). The number of benzene rings is 1. The van der Waals surface area contributed by atoms with Gasteiger partial charge < -0.3 is 5.32 Å². The highest BCUT2D eigenvalue weighted by molar-refractivity contribution is 6.31. The molecule has 2 nitrogen and oxygen atoms in total. The predicted octanol–water partition coefficient (Wildman–Crippen LogP) is 3.33. The molecular formula is C13H17ClFNO. The van der Waals surface area contributed by atoms with Gasteiger partial charge in [-0.3, -0.25) is 4.79 Å². The van der Waals surface area contributed by atoms with E-state index in [1.54, 1.807) is 6.07 Å². The minimum atomic E-state index is -0.429. The molecule has 4 heteroatoms. The Balaban J connectivity index is 2.45. The molecule has 0 fully saturated rings. The van der Waals surface area contributed by atoms with Gasteiger partial charge in [-0.2, -0.15) is 0 Å². The van der Waals surface area contributed by atoms with Crippen molar-refractivity contribution in [3.8, 4) is 0 Å². The number of halogens is 2.